The molecular formula is C17H15Cl2NO. The van der Waals surface area contributed by atoms with Crippen LogP contribution < -0.4 is 5.32 Å². The van der Waals surface area contributed by atoms with E-state index in [-0.39, 0.29) is 5.91 Å². The van der Waals surface area contributed by atoms with E-state index in [1.165, 1.54) is 6.08 Å². The third-order valence-electron chi connectivity index (χ3n) is 3.02. The first-order valence-electron chi connectivity index (χ1n) is 6.47. The molecule has 0 aliphatic carbocycles. The highest BCUT2D eigenvalue weighted by Crippen LogP contribution is 2.23. The Kier molecular flexibility index (Phi) is 5.05. The number of amides is 1. The molecule has 4 heteroatoms. The van der Waals surface area contributed by atoms with E-state index in [1.807, 2.05) is 32.0 Å². The minimum atomic E-state index is -0.185. The van der Waals surface area contributed by atoms with Gasteiger partial charge < -0.3 is 5.32 Å². The molecule has 0 spiro atoms. The van der Waals surface area contributed by atoms with Crippen molar-refractivity contribution in [3.8, 4) is 0 Å². The minimum absolute atomic E-state index is 0.185. The van der Waals surface area contributed by atoms with Crippen molar-refractivity contribution in [1.29, 1.82) is 0 Å². The zero-order chi connectivity index (χ0) is 15.4. The number of hydrogen-bond acceptors (Lipinski definition) is 1. The maximum atomic E-state index is 11.9. The highest BCUT2D eigenvalue weighted by Gasteiger charge is 2.02. The Hall–Kier alpha value is -1.77. The van der Waals surface area contributed by atoms with E-state index < -0.39 is 0 Å². The molecule has 0 saturated carbocycles. The molecule has 0 aliphatic rings. The smallest absolute Gasteiger partial charge is 0.248 e. The van der Waals surface area contributed by atoms with Gasteiger partial charge in [-0.3, -0.25) is 4.79 Å². The van der Waals surface area contributed by atoms with Crippen LogP contribution in [0.3, 0.4) is 0 Å². The monoisotopic (exact) mass is 319 g/mol. The molecule has 21 heavy (non-hydrogen) atoms. The van der Waals surface area contributed by atoms with Crippen LogP contribution in [0.2, 0.25) is 10.0 Å². The quantitative estimate of drug-likeness (QED) is 0.768. The summed E-state index contributed by atoms with van der Waals surface area (Å²) in [7, 11) is 0. The van der Waals surface area contributed by atoms with Gasteiger partial charge in [-0.1, -0.05) is 41.4 Å². The van der Waals surface area contributed by atoms with E-state index in [0.717, 1.165) is 22.4 Å². The summed E-state index contributed by atoms with van der Waals surface area (Å²) in [5.41, 5.74) is 3.76. The molecule has 1 amide bonds. The Labute approximate surface area is 134 Å². The van der Waals surface area contributed by atoms with Crippen LogP contribution in [0.1, 0.15) is 16.7 Å². The molecule has 0 saturated heterocycles. The van der Waals surface area contributed by atoms with Gasteiger partial charge in [-0.2, -0.15) is 0 Å². The summed E-state index contributed by atoms with van der Waals surface area (Å²) < 4.78 is 0. The zero-order valence-electron chi connectivity index (χ0n) is 11.8. The van der Waals surface area contributed by atoms with Gasteiger partial charge in [0.15, 0.2) is 0 Å². The van der Waals surface area contributed by atoms with Crippen molar-refractivity contribution < 1.29 is 4.79 Å². The Morgan fingerprint density at radius 1 is 1.05 bits per heavy atom. The maximum Gasteiger partial charge on any atom is 0.248 e. The van der Waals surface area contributed by atoms with Gasteiger partial charge in [-0.05, 0) is 54.8 Å². The number of rotatable bonds is 3. The number of benzene rings is 2. The van der Waals surface area contributed by atoms with Gasteiger partial charge in [0, 0.05) is 11.8 Å². The second kappa shape index (κ2) is 6.79. The molecule has 2 nitrogen and oxygen atoms in total. The van der Waals surface area contributed by atoms with Crippen molar-refractivity contribution in [3.63, 3.8) is 0 Å². The van der Waals surface area contributed by atoms with Crippen LogP contribution in [0.25, 0.3) is 6.08 Å². The second-order valence-electron chi connectivity index (χ2n) is 4.81. The highest BCUT2D eigenvalue weighted by atomic mass is 35.5. The van der Waals surface area contributed by atoms with Crippen LogP contribution in [-0.2, 0) is 4.79 Å². The van der Waals surface area contributed by atoms with Gasteiger partial charge in [0.1, 0.15) is 0 Å². The molecule has 108 valence electrons. The van der Waals surface area contributed by atoms with Gasteiger partial charge in [-0.25, -0.2) is 0 Å². The lowest BCUT2D eigenvalue weighted by Gasteiger charge is -2.07. The lowest BCUT2D eigenvalue weighted by atomic mass is 10.1. The van der Waals surface area contributed by atoms with E-state index in [1.54, 1.807) is 24.3 Å². The minimum Gasteiger partial charge on any atom is -0.322 e. The Morgan fingerprint density at radius 2 is 1.81 bits per heavy atom. The Balaban J connectivity index is 2.09. The van der Waals surface area contributed by atoms with Crippen molar-refractivity contribution in [2.24, 2.45) is 0 Å². The molecule has 2 aromatic carbocycles. The fourth-order valence-electron chi connectivity index (χ4n) is 1.83. The number of carbonyl (C=O) groups excluding carboxylic acids is 1. The number of anilines is 1. The third kappa shape index (κ3) is 4.35. The molecule has 0 aliphatic heterocycles. The molecule has 1 N–H and O–H groups in total. The Morgan fingerprint density at radius 3 is 2.52 bits per heavy atom. The average Bonchev–Trinajstić information content (AvgIpc) is 2.44. The summed E-state index contributed by atoms with van der Waals surface area (Å²) in [6, 6.07) is 11.2. The molecule has 2 rings (SSSR count). The van der Waals surface area contributed by atoms with Crippen LogP contribution in [0.15, 0.2) is 42.5 Å². The van der Waals surface area contributed by atoms with Crippen molar-refractivity contribution in [1.82, 2.24) is 0 Å². The summed E-state index contributed by atoms with van der Waals surface area (Å²) in [6.07, 6.45) is 3.17. The van der Waals surface area contributed by atoms with Gasteiger partial charge in [-0.15, -0.1) is 0 Å². The summed E-state index contributed by atoms with van der Waals surface area (Å²) in [4.78, 5) is 11.9. The highest BCUT2D eigenvalue weighted by molar-refractivity contribution is 6.42. The second-order valence-corrected chi connectivity index (χ2v) is 5.63. The first-order chi connectivity index (χ1) is 9.95. The molecule has 0 fully saturated rings. The van der Waals surface area contributed by atoms with Crippen LogP contribution in [0.5, 0.6) is 0 Å². The van der Waals surface area contributed by atoms with Gasteiger partial charge in [0.25, 0.3) is 0 Å². The van der Waals surface area contributed by atoms with Gasteiger partial charge in [0.2, 0.25) is 5.91 Å². The van der Waals surface area contributed by atoms with Crippen LogP contribution in [0.4, 0.5) is 5.69 Å². The van der Waals surface area contributed by atoms with Crippen molar-refractivity contribution in [3.05, 3.63) is 69.2 Å². The van der Waals surface area contributed by atoms with Crippen molar-refractivity contribution in [2.45, 2.75) is 13.8 Å². The first-order valence-corrected chi connectivity index (χ1v) is 7.22. The van der Waals surface area contributed by atoms with E-state index >= 15 is 0 Å². The largest absolute Gasteiger partial charge is 0.322 e. The van der Waals surface area contributed by atoms with Crippen molar-refractivity contribution in [2.75, 3.05) is 5.32 Å². The number of nitrogens with one attached hydrogen (secondary N) is 1. The number of carbonyl (C=O) groups is 1. The van der Waals surface area contributed by atoms with Gasteiger partial charge in [0.05, 0.1) is 10.0 Å². The third-order valence-corrected chi connectivity index (χ3v) is 3.76. The maximum absolute atomic E-state index is 11.9. The molecular weight excluding hydrogens is 305 g/mol. The average molecular weight is 320 g/mol. The fraction of sp³-hybridized carbons (Fsp3) is 0.118. The molecule has 2 aromatic rings. The normalized spacial score (nSPS) is 10.9. The van der Waals surface area contributed by atoms with E-state index in [0.29, 0.717) is 10.0 Å². The van der Waals surface area contributed by atoms with E-state index in [9.17, 15) is 4.79 Å². The Bertz CT molecular complexity index is 708. The summed E-state index contributed by atoms with van der Waals surface area (Å²) in [5.74, 6) is -0.185. The SMILES string of the molecule is Cc1ccc(C)c(NC(=O)C=Cc2ccc(Cl)c(Cl)c2)c1. The number of halogens is 2. The standard InChI is InChI=1S/C17H15Cl2NO/c1-11-3-4-12(2)16(9-11)20-17(21)8-6-13-5-7-14(18)15(19)10-13/h3-10H,1-2H3,(H,20,21). The van der Waals surface area contributed by atoms with Crippen molar-refractivity contribution >= 4 is 40.9 Å². The number of hydrogen-bond donors (Lipinski definition) is 1. The lowest BCUT2D eigenvalue weighted by Crippen LogP contribution is -2.09. The lowest BCUT2D eigenvalue weighted by molar-refractivity contribution is -0.111. The predicted molar refractivity (Wildman–Crippen MR) is 90.0 cm³/mol. The molecule has 0 atom stereocenters. The molecule has 0 bridgehead atoms. The topological polar surface area (TPSA) is 29.1 Å². The molecule has 0 heterocycles. The molecule has 0 aromatic heterocycles. The zero-order valence-corrected chi connectivity index (χ0v) is 13.3. The van der Waals surface area contributed by atoms with E-state index in [2.05, 4.69) is 5.32 Å². The van der Waals surface area contributed by atoms with Crippen LogP contribution >= 0.6 is 23.2 Å². The summed E-state index contributed by atoms with van der Waals surface area (Å²) in [6.45, 7) is 3.94. The first kappa shape index (κ1) is 15.6. The number of aryl methyl sites for hydroxylation is 2. The van der Waals surface area contributed by atoms with Gasteiger partial charge >= 0.3 is 0 Å². The molecule has 0 unspecified atom stereocenters. The van der Waals surface area contributed by atoms with Crippen LogP contribution in [0, 0.1) is 13.8 Å². The fourth-order valence-corrected chi connectivity index (χ4v) is 2.14. The molecule has 0 radical (unpaired) electrons. The summed E-state index contributed by atoms with van der Waals surface area (Å²) >= 11 is 11.8. The summed E-state index contributed by atoms with van der Waals surface area (Å²) in [5, 5.41) is 3.82. The van der Waals surface area contributed by atoms with Crippen LogP contribution in [-0.4, -0.2) is 5.91 Å². The predicted octanol–water partition coefficient (Wildman–Crippen LogP) is 5.26. The van der Waals surface area contributed by atoms with E-state index in [4.69, 9.17) is 23.2 Å².